The number of carbonyl (C=O) groups excluding carboxylic acids is 1. The second kappa shape index (κ2) is 7.86. The molecule has 4 rings (SSSR count). The lowest BCUT2D eigenvalue weighted by molar-refractivity contribution is 0.0858. The van der Waals surface area contributed by atoms with Gasteiger partial charge in [-0.2, -0.15) is 5.10 Å². The summed E-state index contributed by atoms with van der Waals surface area (Å²) in [4.78, 5) is 12.3. The van der Waals surface area contributed by atoms with Crippen molar-refractivity contribution >= 4 is 11.7 Å². The Morgan fingerprint density at radius 1 is 1.25 bits per heavy atom. The Morgan fingerprint density at radius 2 is 2.07 bits per heavy atom. The van der Waals surface area contributed by atoms with Crippen molar-refractivity contribution in [2.45, 2.75) is 25.9 Å². The fourth-order valence-corrected chi connectivity index (χ4v) is 3.42. The quantitative estimate of drug-likeness (QED) is 0.715. The summed E-state index contributed by atoms with van der Waals surface area (Å²) in [7, 11) is 0. The summed E-state index contributed by atoms with van der Waals surface area (Å²) in [6.07, 6.45) is 2.19. The molecule has 0 unspecified atom stereocenters. The van der Waals surface area contributed by atoms with Crippen LogP contribution in [0.3, 0.4) is 0 Å². The van der Waals surface area contributed by atoms with E-state index >= 15 is 0 Å². The zero-order chi connectivity index (χ0) is 19.5. The molecule has 1 aromatic heterocycles. The van der Waals surface area contributed by atoms with Crippen molar-refractivity contribution in [3.8, 4) is 16.9 Å². The fourth-order valence-electron chi connectivity index (χ4n) is 3.42. The molecule has 1 fully saturated rings. The molecule has 0 saturated carbocycles. The van der Waals surface area contributed by atoms with Crippen LogP contribution in [0.4, 0.5) is 5.82 Å². The van der Waals surface area contributed by atoms with E-state index in [-0.39, 0.29) is 12.0 Å². The monoisotopic (exact) mass is 376 g/mol. The van der Waals surface area contributed by atoms with E-state index in [9.17, 15) is 4.79 Å². The molecule has 3 aromatic rings. The standard InChI is InChI=1S/C22H24N4O2/c1-15-4-2-5-17(12-15)20-13-21(23)26(25-20)18-9-7-16(8-10-18)22(27)24-14-19-6-3-11-28-19/h2,4-5,7-10,12-13,19H,3,6,11,14,23H2,1H3,(H,24,27)/t19-/m0/s1. The minimum atomic E-state index is -0.101. The van der Waals surface area contributed by atoms with E-state index in [1.54, 1.807) is 16.8 Å². The first kappa shape index (κ1) is 18.3. The molecule has 6 heteroatoms. The van der Waals surface area contributed by atoms with Crippen molar-refractivity contribution in [2.24, 2.45) is 0 Å². The molecular formula is C22H24N4O2. The number of aromatic nitrogens is 2. The predicted octanol–water partition coefficient (Wildman–Crippen LogP) is 3.34. The number of hydrogen-bond acceptors (Lipinski definition) is 4. The Bertz CT molecular complexity index is 972. The first-order chi connectivity index (χ1) is 13.6. The molecule has 3 N–H and O–H groups in total. The van der Waals surface area contributed by atoms with Gasteiger partial charge in [0.25, 0.3) is 5.91 Å². The number of ether oxygens (including phenoxy) is 1. The van der Waals surface area contributed by atoms with E-state index in [2.05, 4.69) is 16.5 Å². The molecule has 1 amide bonds. The number of rotatable bonds is 5. The first-order valence-corrected chi connectivity index (χ1v) is 9.53. The average Bonchev–Trinajstić information content (AvgIpc) is 3.36. The molecule has 144 valence electrons. The van der Waals surface area contributed by atoms with Crippen LogP contribution in [0, 0.1) is 6.92 Å². The number of nitrogen functional groups attached to an aromatic ring is 1. The van der Waals surface area contributed by atoms with Crippen LogP contribution in [0.2, 0.25) is 0 Å². The van der Waals surface area contributed by atoms with E-state index in [1.807, 2.05) is 43.3 Å². The minimum Gasteiger partial charge on any atom is -0.384 e. The number of benzene rings is 2. The third-order valence-corrected chi connectivity index (χ3v) is 4.94. The largest absolute Gasteiger partial charge is 0.384 e. The highest BCUT2D eigenvalue weighted by Crippen LogP contribution is 2.24. The number of amides is 1. The molecule has 1 aliphatic heterocycles. The third-order valence-electron chi connectivity index (χ3n) is 4.94. The van der Waals surface area contributed by atoms with Crippen molar-refractivity contribution in [3.63, 3.8) is 0 Å². The number of aryl methyl sites for hydroxylation is 1. The molecular weight excluding hydrogens is 352 g/mol. The van der Waals surface area contributed by atoms with Gasteiger partial charge in [0.1, 0.15) is 5.82 Å². The van der Waals surface area contributed by atoms with Gasteiger partial charge in [-0.15, -0.1) is 0 Å². The number of nitrogens with zero attached hydrogens (tertiary/aromatic N) is 2. The van der Waals surface area contributed by atoms with Gasteiger partial charge in [0, 0.05) is 30.3 Å². The van der Waals surface area contributed by atoms with Crippen molar-refractivity contribution in [1.82, 2.24) is 15.1 Å². The van der Waals surface area contributed by atoms with Crippen LogP contribution in [0.15, 0.2) is 54.6 Å². The maximum atomic E-state index is 12.3. The molecule has 0 spiro atoms. The summed E-state index contributed by atoms with van der Waals surface area (Å²) >= 11 is 0. The highest BCUT2D eigenvalue weighted by Gasteiger charge is 2.17. The highest BCUT2D eigenvalue weighted by molar-refractivity contribution is 5.94. The van der Waals surface area contributed by atoms with E-state index in [1.165, 1.54) is 5.56 Å². The molecule has 0 radical (unpaired) electrons. The molecule has 2 aromatic carbocycles. The Kier molecular flexibility index (Phi) is 5.12. The van der Waals surface area contributed by atoms with E-state index in [4.69, 9.17) is 10.5 Å². The van der Waals surface area contributed by atoms with Crippen LogP contribution in [0.5, 0.6) is 0 Å². The Morgan fingerprint density at radius 3 is 2.79 bits per heavy atom. The lowest BCUT2D eigenvalue weighted by Gasteiger charge is -2.11. The number of hydrogen-bond donors (Lipinski definition) is 2. The molecule has 1 aliphatic rings. The first-order valence-electron chi connectivity index (χ1n) is 9.53. The van der Waals surface area contributed by atoms with Gasteiger partial charge < -0.3 is 15.8 Å². The maximum Gasteiger partial charge on any atom is 0.251 e. The second-order valence-corrected chi connectivity index (χ2v) is 7.13. The molecule has 0 aliphatic carbocycles. The normalized spacial score (nSPS) is 16.2. The predicted molar refractivity (Wildman–Crippen MR) is 109 cm³/mol. The molecule has 1 saturated heterocycles. The van der Waals surface area contributed by atoms with Crippen LogP contribution in [0.1, 0.15) is 28.8 Å². The van der Waals surface area contributed by atoms with Crippen LogP contribution >= 0.6 is 0 Å². The summed E-state index contributed by atoms with van der Waals surface area (Å²) in [5.41, 5.74) is 10.6. The third kappa shape index (κ3) is 3.92. The fraction of sp³-hybridized carbons (Fsp3) is 0.273. The minimum absolute atomic E-state index is 0.101. The summed E-state index contributed by atoms with van der Waals surface area (Å²) < 4.78 is 7.22. The van der Waals surface area contributed by atoms with Gasteiger partial charge in [-0.25, -0.2) is 4.68 Å². The van der Waals surface area contributed by atoms with Gasteiger partial charge in [0.05, 0.1) is 17.5 Å². The highest BCUT2D eigenvalue weighted by atomic mass is 16.5. The van der Waals surface area contributed by atoms with Gasteiger partial charge in [-0.1, -0.05) is 23.8 Å². The molecule has 1 atom stereocenters. The summed E-state index contributed by atoms with van der Waals surface area (Å²) in [5, 5.41) is 7.56. The van der Waals surface area contributed by atoms with Gasteiger partial charge in [0.15, 0.2) is 0 Å². The molecule has 0 bridgehead atoms. The molecule has 28 heavy (non-hydrogen) atoms. The van der Waals surface area contributed by atoms with E-state index in [0.717, 1.165) is 36.4 Å². The SMILES string of the molecule is Cc1cccc(-c2cc(N)n(-c3ccc(C(=O)NC[C@@H]4CCCO4)cc3)n2)c1. The summed E-state index contributed by atoms with van der Waals surface area (Å²) in [5.74, 6) is 0.447. The van der Waals surface area contributed by atoms with Gasteiger partial charge in [0.2, 0.25) is 0 Å². The van der Waals surface area contributed by atoms with Crippen LogP contribution in [-0.2, 0) is 4.74 Å². The zero-order valence-electron chi connectivity index (χ0n) is 15.9. The van der Waals surface area contributed by atoms with Crippen molar-refractivity contribution in [2.75, 3.05) is 18.9 Å². The lowest BCUT2D eigenvalue weighted by Crippen LogP contribution is -2.31. The van der Waals surface area contributed by atoms with Gasteiger partial charge >= 0.3 is 0 Å². The van der Waals surface area contributed by atoms with Crippen LogP contribution in [0.25, 0.3) is 16.9 Å². The van der Waals surface area contributed by atoms with Gasteiger partial charge in [-0.05, 0) is 50.1 Å². The maximum absolute atomic E-state index is 12.3. The Hall–Kier alpha value is -3.12. The number of anilines is 1. The van der Waals surface area contributed by atoms with Crippen molar-refractivity contribution in [1.29, 1.82) is 0 Å². The summed E-state index contributed by atoms with van der Waals surface area (Å²) in [6.45, 7) is 3.38. The average molecular weight is 376 g/mol. The Balaban J connectivity index is 1.48. The smallest absolute Gasteiger partial charge is 0.251 e. The van der Waals surface area contributed by atoms with Crippen molar-refractivity contribution < 1.29 is 9.53 Å². The van der Waals surface area contributed by atoms with Crippen LogP contribution < -0.4 is 11.1 Å². The van der Waals surface area contributed by atoms with Crippen LogP contribution in [-0.4, -0.2) is 34.9 Å². The number of nitrogens with one attached hydrogen (secondary N) is 1. The van der Waals surface area contributed by atoms with E-state index < -0.39 is 0 Å². The lowest BCUT2D eigenvalue weighted by atomic mass is 10.1. The van der Waals surface area contributed by atoms with Gasteiger partial charge in [-0.3, -0.25) is 4.79 Å². The molecule has 6 nitrogen and oxygen atoms in total. The number of nitrogens with two attached hydrogens (primary N) is 1. The van der Waals surface area contributed by atoms with Crippen molar-refractivity contribution in [3.05, 3.63) is 65.7 Å². The van der Waals surface area contributed by atoms with E-state index in [0.29, 0.717) is 17.9 Å². The number of carbonyl (C=O) groups is 1. The zero-order valence-corrected chi connectivity index (χ0v) is 15.9. The second-order valence-electron chi connectivity index (χ2n) is 7.13. The summed E-state index contributed by atoms with van der Waals surface area (Å²) in [6, 6.07) is 17.3. The Labute approximate surface area is 164 Å². The topological polar surface area (TPSA) is 82.2 Å². The molecule has 2 heterocycles.